The zero-order chi connectivity index (χ0) is 13.9. The van der Waals surface area contributed by atoms with Crippen molar-refractivity contribution in [2.75, 3.05) is 0 Å². The topological polar surface area (TPSA) is 41.6 Å². The van der Waals surface area contributed by atoms with Crippen LogP contribution in [0.15, 0.2) is 65.3 Å². The molecule has 0 aliphatic rings. The SMILES string of the molecule is N#Cc1cn(-c2ccccc2)nc1-c1ccc(Br)cc1. The van der Waals surface area contributed by atoms with E-state index in [9.17, 15) is 5.26 Å². The molecule has 96 valence electrons. The predicted octanol–water partition coefficient (Wildman–Crippen LogP) is 4.17. The molecule has 0 unspecified atom stereocenters. The number of benzene rings is 2. The second kappa shape index (κ2) is 5.32. The van der Waals surface area contributed by atoms with Gasteiger partial charge in [0.15, 0.2) is 0 Å². The fourth-order valence-electron chi connectivity index (χ4n) is 1.99. The van der Waals surface area contributed by atoms with Crippen molar-refractivity contribution in [2.24, 2.45) is 0 Å². The summed E-state index contributed by atoms with van der Waals surface area (Å²) in [7, 11) is 0. The fraction of sp³-hybridized carbons (Fsp3) is 0. The van der Waals surface area contributed by atoms with Crippen molar-refractivity contribution in [3.63, 3.8) is 0 Å². The normalized spacial score (nSPS) is 10.2. The van der Waals surface area contributed by atoms with E-state index in [-0.39, 0.29) is 0 Å². The van der Waals surface area contributed by atoms with Crippen LogP contribution in [-0.4, -0.2) is 9.78 Å². The van der Waals surface area contributed by atoms with Crippen molar-refractivity contribution >= 4 is 15.9 Å². The summed E-state index contributed by atoms with van der Waals surface area (Å²) < 4.78 is 2.73. The van der Waals surface area contributed by atoms with Gasteiger partial charge >= 0.3 is 0 Å². The number of halogens is 1. The molecule has 0 fully saturated rings. The van der Waals surface area contributed by atoms with Crippen LogP contribution in [0.2, 0.25) is 0 Å². The average Bonchev–Trinajstić information content (AvgIpc) is 2.93. The second-order valence-electron chi connectivity index (χ2n) is 4.29. The van der Waals surface area contributed by atoms with Gasteiger partial charge in [0, 0.05) is 16.2 Å². The van der Waals surface area contributed by atoms with E-state index in [4.69, 9.17) is 0 Å². The Labute approximate surface area is 125 Å². The molecule has 0 saturated heterocycles. The third-order valence-electron chi connectivity index (χ3n) is 2.97. The Morgan fingerprint density at radius 2 is 1.70 bits per heavy atom. The minimum Gasteiger partial charge on any atom is -0.239 e. The molecule has 0 bridgehead atoms. The summed E-state index contributed by atoms with van der Waals surface area (Å²) in [6.07, 6.45) is 1.76. The highest BCUT2D eigenvalue weighted by atomic mass is 79.9. The quantitative estimate of drug-likeness (QED) is 0.710. The number of aromatic nitrogens is 2. The van der Waals surface area contributed by atoms with Crippen LogP contribution in [0, 0.1) is 11.3 Å². The van der Waals surface area contributed by atoms with Gasteiger partial charge in [-0.25, -0.2) is 4.68 Å². The van der Waals surface area contributed by atoms with Gasteiger partial charge in [-0.2, -0.15) is 10.4 Å². The number of nitrogens with zero attached hydrogens (tertiary/aromatic N) is 3. The highest BCUT2D eigenvalue weighted by molar-refractivity contribution is 9.10. The van der Waals surface area contributed by atoms with E-state index in [0.29, 0.717) is 11.3 Å². The molecule has 2 aromatic carbocycles. The number of nitriles is 1. The number of rotatable bonds is 2. The van der Waals surface area contributed by atoms with E-state index in [1.165, 1.54) is 0 Å². The van der Waals surface area contributed by atoms with Gasteiger partial charge in [-0.3, -0.25) is 0 Å². The largest absolute Gasteiger partial charge is 0.239 e. The summed E-state index contributed by atoms with van der Waals surface area (Å²) in [4.78, 5) is 0. The van der Waals surface area contributed by atoms with E-state index >= 15 is 0 Å². The molecule has 0 N–H and O–H groups in total. The molecule has 4 heteroatoms. The zero-order valence-electron chi connectivity index (χ0n) is 10.5. The maximum absolute atomic E-state index is 9.28. The summed E-state index contributed by atoms with van der Waals surface area (Å²) in [5.41, 5.74) is 3.13. The molecule has 0 radical (unpaired) electrons. The average molecular weight is 324 g/mol. The molecule has 1 heterocycles. The number of para-hydroxylation sites is 1. The summed E-state index contributed by atoms with van der Waals surface area (Å²) in [5.74, 6) is 0. The van der Waals surface area contributed by atoms with Crippen LogP contribution in [0.4, 0.5) is 0 Å². The van der Waals surface area contributed by atoms with Gasteiger partial charge in [-0.05, 0) is 24.3 Å². The van der Waals surface area contributed by atoms with Crippen molar-refractivity contribution in [1.29, 1.82) is 5.26 Å². The minimum absolute atomic E-state index is 0.566. The Hall–Kier alpha value is -2.38. The highest BCUT2D eigenvalue weighted by Gasteiger charge is 2.11. The zero-order valence-corrected chi connectivity index (χ0v) is 12.1. The molecule has 20 heavy (non-hydrogen) atoms. The van der Waals surface area contributed by atoms with Gasteiger partial charge in [-0.15, -0.1) is 0 Å². The van der Waals surface area contributed by atoms with Crippen LogP contribution < -0.4 is 0 Å². The fourth-order valence-corrected chi connectivity index (χ4v) is 2.25. The Balaban J connectivity index is 2.11. The van der Waals surface area contributed by atoms with Gasteiger partial charge in [0.25, 0.3) is 0 Å². The minimum atomic E-state index is 0.566. The molecular formula is C16H10BrN3. The van der Waals surface area contributed by atoms with Crippen molar-refractivity contribution in [3.8, 4) is 23.0 Å². The summed E-state index contributed by atoms with van der Waals surface area (Å²) >= 11 is 3.40. The lowest BCUT2D eigenvalue weighted by atomic mass is 10.1. The lowest BCUT2D eigenvalue weighted by Gasteiger charge is -2.00. The van der Waals surface area contributed by atoms with Crippen LogP contribution in [0.1, 0.15) is 5.56 Å². The summed E-state index contributed by atoms with van der Waals surface area (Å²) in [6, 6.07) is 19.7. The highest BCUT2D eigenvalue weighted by Crippen LogP contribution is 2.24. The number of hydrogen-bond donors (Lipinski definition) is 0. The lowest BCUT2D eigenvalue weighted by Crippen LogP contribution is -1.93. The van der Waals surface area contributed by atoms with Gasteiger partial charge in [0.05, 0.1) is 11.3 Å². The maximum Gasteiger partial charge on any atom is 0.111 e. The summed E-state index contributed by atoms with van der Waals surface area (Å²) in [5, 5.41) is 13.8. The molecule has 0 spiro atoms. The molecule has 0 aliphatic heterocycles. The smallest absolute Gasteiger partial charge is 0.111 e. The molecule has 3 rings (SSSR count). The molecule has 0 atom stereocenters. The second-order valence-corrected chi connectivity index (χ2v) is 5.21. The standard InChI is InChI=1S/C16H10BrN3/c17-14-8-6-12(7-9-14)16-13(10-18)11-20(19-16)15-4-2-1-3-5-15/h1-9,11H. The molecular weight excluding hydrogens is 314 g/mol. The number of hydrogen-bond acceptors (Lipinski definition) is 2. The van der Waals surface area contributed by atoms with Crippen LogP contribution >= 0.6 is 15.9 Å². The van der Waals surface area contributed by atoms with E-state index in [1.807, 2.05) is 54.6 Å². The molecule has 0 amide bonds. The maximum atomic E-state index is 9.28. The monoisotopic (exact) mass is 323 g/mol. The van der Waals surface area contributed by atoms with Crippen LogP contribution in [0.5, 0.6) is 0 Å². The van der Waals surface area contributed by atoms with Crippen LogP contribution in [0.3, 0.4) is 0 Å². The lowest BCUT2D eigenvalue weighted by molar-refractivity contribution is 0.884. The molecule has 0 saturated carbocycles. The van der Waals surface area contributed by atoms with Crippen LogP contribution in [-0.2, 0) is 0 Å². The van der Waals surface area contributed by atoms with E-state index in [0.717, 1.165) is 15.7 Å². The first-order chi connectivity index (χ1) is 9.78. The molecule has 0 aliphatic carbocycles. The predicted molar refractivity (Wildman–Crippen MR) is 81.4 cm³/mol. The first-order valence-electron chi connectivity index (χ1n) is 6.09. The molecule has 1 aromatic heterocycles. The van der Waals surface area contributed by atoms with Gasteiger partial charge in [0.2, 0.25) is 0 Å². The Morgan fingerprint density at radius 3 is 2.35 bits per heavy atom. The third kappa shape index (κ3) is 2.36. The van der Waals surface area contributed by atoms with Crippen LogP contribution in [0.25, 0.3) is 16.9 Å². The Bertz CT molecular complexity index is 768. The van der Waals surface area contributed by atoms with Crippen molar-refractivity contribution in [2.45, 2.75) is 0 Å². The van der Waals surface area contributed by atoms with Gasteiger partial charge in [-0.1, -0.05) is 46.3 Å². The van der Waals surface area contributed by atoms with E-state index < -0.39 is 0 Å². The Kier molecular flexibility index (Phi) is 3.36. The molecule has 3 nitrogen and oxygen atoms in total. The first kappa shape index (κ1) is 12.6. The van der Waals surface area contributed by atoms with Crippen molar-refractivity contribution < 1.29 is 0 Å². The van der Waals surface area contributed by atoms with Gasteiger partial charge in [0.1, 0.15) is 11.8 Å². The van der Waals surface area contributed by atoms with Crippen molar-refractivity contribution in [1.82, 2.24) is 9.78 Å². The molecule has 3 aromatic rings. The van der Waals surface area contributed by atoms with Gasteiger partial charge < -0.3 is 0 Å². The first-order valence-corrected chi connectivity index (χ1v) is 6.88. The Morgan fingerprint density at radius 1 is 1.00 bits per heavy atom. The van der Waals surface area contributed by atoms with E-state index in [1.54, 1.807) is 10.9 Å². The van der Waals surface area contributed by atoms with Crippen molar-refractivity contribution in [3.05, 3.63) is 70.8 Å². The third-order valence-corrected chi connectivity index (χ3v) is 3.50. The van der Waals surface area contributed by atoms with E-state index in [2.05, 4.69) is 27.1 Å². The summed E-state index contributed by atoms with van der Waals surface area (Å²) in [6.45, 7) is 0.